The van der Waals surface area contributed by atoms with E-state index in [1.54, 1.807) is 24.3 Å². The quantitative estimate of drug-likeness (QED) is 0.400. The van der Waals surface area contributed by atoms with Gasteiger partial charge in [0.2, 0.25) is 0 Å². The Morgan fingerprint density at radius 3 is 2.63 bits per heavy atom. The average molecular weight is 371 g/mol. The van der Waals surface area contributed by atoms with Crippen LogP contribution < -0.4 is 10.6 Å². The van der Waals surface area contributed by atoms with Gasteiger partial charge >= 0.3 is 0 Å². The summed E-state index contributed by atoms with van der Waals surface area (Å²) in [7, 11) is 0. The van der Waals surface area contributed by atoms with E-state index in [-0.39, 0.29) is 17.2 Å². The lowest BCUT2D eigenvalue weighted by Crippen LogP contribution is -2.26. The van der Waals surface area contributed by atoms with E-state index < -0.39 is 10.8 Å². The molecule has 2 amide bonds. The largest absolute Gasteiger partial charge is 0.382 e. The third-order valence-electron chi connectivity index (χ3n) is 3.69. The molecule has 2 N–H and O–H groups in total. The van der Waals surface area contributed by atoms with Crippen molar-refractivity contribution in [2.75, 3.05) is 25.1 Å². The van der Waals surface area contributed by atoms with Crippen LogP contribution in [0.3, 0.4) is 0 Å². The number of non-ortho nitro benzene ring substituents is 1. The van der Waals surface area contributed by atoms with Gasteiger partial charge < -0.3 is 15.4 Å². The molecule has 0 unspecified atom stereocenters. The zero-order valence-electron chi connectivity index (χ0n) is 14.9. The van der Waals surface area contributed by atoms with Crippen molar-refractivity contribution in [3.63, 3.8) is 0 Å². The molecule has 27 heavy (non-hydrogen) atoms. The molecule has 0 aliphatic heterocycles. The number of hydrogen-bond acceptors (Lipinski definition) is 5. The average Bonchev–Trinajstić information content (AvgIpc) is 2.68. The second-order valence-corrected chi connectivity index (χ2v) is 5.61. The van der Waals surface area contributed by atoms with Crippen LogP contribution in [0.5, 0.6) is 0 Å². The van der Waals surface area contributed by atoms with E-state index in [1.807, 2.05) is 6.92 Å². The van der Waals surface area contributed by atoms with E-state index in [0.717, 1.165) is 0 Å². The van der Waals surface area contributed by atoms with Crippen molar-refractivity contribution >= 4 is 23.2 Å². The first-order valence-electron chi connectivity index (χ1n) is 8.53. The molecule has 0 fully saturated rings. The molecule has 0 bridgehead atoms. The van der Waals surface area contributed by atoms with E-state index >= 15 is 0 Å². The van der Waals surface area contributed by atoms with Gasteiger partial charge in [-0.3, -0.25) is 19.7 Å². The maximum Gasteiger partial charge on any atom is 0.270 e. The Labute approximate surface area is 156 Å². The summed E-state index contributed by atoms with van der Waals surface area (Å²) in [5, 5.41) is 16.3. The molecular weight excluding hydrogens is 350 g/mol. The molecule has 0 spiro atoms. The van der Waals surface area contributed by atoms with Crippen LogP contribution in [0.15, 0.2) is 48.5 Å². The number of para-hydroxylation sites is 1. The summed E-state index contributed by atoms with van der Waals surface area (Å²) >= 11 is 0. The van der Waals surface area contributed by atoms with Gasteiger partial charge in [0.1, 0.15) is 0 Å². The number of rotatable bonds is 9. The Kier molecular flexibility index (Phi) is 7.45. The summed E-state index contributed by atoms with van der Waals surface area (Å²) < 4.78 is 5.22. The zero-order valence-corrected chi connectivity index (χ0v) is 14.9. The summed E-state index contributed by atoms with van der Waals surface area (Å²) in [5.74, 6) is -0.850. The van der Waals surface area contributed by atoms with Crippen molar-refractivity contribution in [3.05, 3.63) is 69.8 Å². The minimum Gasteiger partial charge on any atom is -0.382 e. The van der Waals surface area contributed by atoms with Gasteiger partial charge in [0, 0.05) is 37.5 Å². The highest BCUT2D eigenvalue weighted by atomic mass is 16.6. The Balaban J connectivity index is 2.06. The molecule has 2 aromatic rings. The summed E-state index contributed by atoms with van der Waals surface area (Å²) in [6.07, 6.45) is 0.682. The zero-order chi connectivity index (χ0) is 19.6. The van der Waals surface area contributed by atoms with E-state index in [9.17, 15) is 19.7 Å². The van der Waals surface area contributed by atoms with E-state index in [4.69, 9.17) is 4.74 Å². The molecule has 2 aromatic carbocycles. The van der Waals surface area contributed by atoms with Gasteiger partial charge in [0.05, 0.1) is 16.2 Å². The van der Waals surface area contributed by atoms with Gasteiger partial charge in [-0.05, 0) is 31.5 Å². The van der Waals surface area contributed by atoms with Crippen molar-refractivity contribution in [2.24, 2.45) is 0 Å². The highest BCUT2D eigenvalue weighted by Gasteiger charge is 2.15. The molecule has 2 rings (SSSR count). The summed E-state index contributed by atoms with van der Waals surface area (Å²) in [6, 6.07) is 12.0. The van der Waals surface area contributed by atoms with E-state index in [2.05, 4.69) is 10.6 Å². The van der Waals surface area contributed by atoms with E-state index in [0.29, 0.717) is 37.4 Å². The van der Waals surface area contributed by atoms with Gasteiger partial charge in [0.15, 0.2) is 0 Å². The number of nitro benzene ring substituents is 1. The van der Waals surface area contributed by atoms with Crippen molar-refractivity contribution in [1.29, 1.82) is 0 Å². The Morgan fingerprint density at radius 1 is 1.11 bits per heavy atom. The lowest BCUT2D eigenvalue weighted by Gasteiger charge is -2.11. The molecule has 0 aromatic heterocycles. The molecule has 0 radical (unpaired) electrons. The van der Waals surface area contributed by atoms with Crippen LogP contribution >= 0.6 is 0 Å². The van der Waals surface area contributed by atoms with Crippen molar-refractivity contribution in [2.45, 2.75) is 13.3 Å². The molecule has 0 aliphatic carbocycles. The number of hydrogen-bond donors (Lipinski definition) is 2. The molecule has 0 aliphatic rings. The lowest BCUT2D eigenvalue weighted by molar-refractivity contribution is -0.384. The normalized spacial score (nSPS) is 10.3. The molecular formula is C19H21N3O5. The number of ether oxygens (including phenoxy) is 1. The summed E-state index contributed by atoms with van der Waals surface area (Å²) in [4.78, 5) is 35.1. The first-order chi connectivity index (χ1) is 13.0. The molecule has 0 saturated carbocycles. The van der Waals surface area contributed by atoms with Crippen LogP contribution in [0.25, 0.3) is 0 Å². The van der Waals surface area contributed by atoms with Crippen LogP contribution in [0.1, 0.15) is 34.1 Å². The number of carbonyl (C=O) groups is 2. The highest BCUT2D eigenvalue weighted by Crippen LogP contribution is 2.18. The number of anilines is 1. The van der Waals surface area contributed by atoms with E-state index in [1.165, 1.54) is 24.3 Å². The lowest BCUT2D eigenvalue weighted by atomic mass is 10.1. The molecule has 142 valence electrons. The highest BCUT2D eigenvalue weighted by molar-refractivity contribution is 6.09. The maximum absolute atomic E-state index is 12.4. The Hall–Kier alpha value is -3.26. The van der Waals surface area contributed by atoms with Gasteiger partial charge in [-0.2, -0.15) is 0 Å². The number of benzene rings is 2. The molecule has 0 atom stereocenters. The van der Waals surface area contributed by atoms with Crippen molar-refractivity contribution in [1.82, 2.24) is 5.32 Å². The van der Waals surface area contributed by atoms with Gasteiger partial charge in [0.25, 0.3) is 17.5 Å². The molecule has 8 nitrogen and oxygen atoms in total. The van der Waals surface area contributed by atoms with Gasteiger partial charge in [-0.1, -0.05) is 18.2 Å². The van der Waals surface area contributed by atoms with Crippen molar-refractivity contribution in [3.8, 4) is 0 Å². The van der Waals surface area contributed by atoms with Crippen LogP contribution in [0.4, 0.5) is 11.4 Å². The van der Waals surface area contributed by atoms with Gasteiger partial charge in [-0.25, -0.2) is 0 Å². The first-order valence-corrected chi connectivity index (χ1v) is 8.53. The van der Waals surface area contributed by atoms with Crippen LogP contribution in [-0.4, -0.2) is 36.5 Å². The van der Waals surface area contributed by atoms with Crippen LogP contribution in [0.2, 0.25) is 0 Å². The number of nitrogens with one attached hydrogen (secondary N) is 2. The van der Waals surface area contributed by atoms with Gasteiger partial charge in [-0.15, -0.1) is 0 Å². The predicted octanol–water partition coefficient (Wildman–Crippen LogP) is 3.00. The monoisotopic (exact) mass is 371 g/mol. The topological polar surface area (TPSA) is 111 Å². The molecule has 8 heteroatoms. The third-order valence-corrected chi connectivity index (χ3v) is 3.69. The fraction of sp³-hybridized carbons (Fsp3) is 0.263. The summed E-state index contributed by atoms with van der Waals surface area (Å²) in [5.41, 5.74) is 0.600. The third kappa shape index (κ3) is 5.89. The number of amides is 2. The number of nitrogens with zero attached hydrogens (tertiary/aromatic N) is 1. The number of nitro groups is 1. The van der Waals surface area contributed by atoms with Crippen LogP contribution in [0, 0.1) is 10.1 Å². The maximum atomic E-state index is 12.4. The Bertz CT molecular complexity index is 822. The summed E-state index contributed by atoms with van der Waals surface area (Å²) in [6.45, 7) is 3.53. The fourth-order valence-corrected chi connectivity index (χ4v) is 2.36. The fourth-order valence-electron chi connectivity index (χ4n) is 2.36. The second-order valence-electron chi connectivity index (χ2n) is 5.61. The predicted molar refractivity (Wildman–Crippen MR) is 101 cm³/mol. The number of carbonyl (C=O) groups excluding carboxylic acids is 2. The van der Waals surface area contributed by atoms with Crippen molar-refractivity contribution < 1.29 is 19.2 Å². The second kappa shape index (κ2) is 10.0. The Morgan fingerprint density at radius 2 is 1.89 bits per heavy atom. The van der Waals surface area contributed by atoms with Crippen LogP contribution in [-0.2, 0) is 4.74 Å². The standard InChI is InChI=1S/C19H21N3O5/c1-2-27-12-6-11-20-19(24)16-9-3-4-10-17(16)21-18(23)14-7-5-8-15(13-14)22(25)26/h3-5,7-10,13H,2,6,11-12H2,1H3,(H,20,24)(H,21,23). The smallest absolute Gasteiger partial charge is 0.270 e. The minimum absolute atomic E-state index is 0.135. The molecule has 0 heterocycles. The molecule has 0 saturated heterocycles. The first kappa shape index (κ1) is 20.1. The SMILES string of the molecule is CCOCCCNC(=O)c1ccccc1NC(=O)c1cccc([N+](=O)[O-])c1. The minimum atomic E-state index is -0.569.